The molecule has 0 heterocycles. The number of rotatable bonds is 5. The smallest absolute Gasteiger partial charge is 0.321 e. The van der Waals surface area contributed by atoms with E-state index in [1.54, 1.807) is 0 Å². The van der Waals surface area contributed by atoms with Gasteiger partial charge in [0, 0.05) is 0 Å². The lowest BCUT2D eigenvalue weighted by Gasteiger charge is -2.13. The van der Waals surface area contributed by atoms with Gasteiger partial charge in [-0.25, -0.2) is 0 Å². The molecule has 0 rings (SSSR count). The van der Waals surface area contributed by atoms with Gasteiger partial charge in [-0.05, 0) is 0 Å². The van der Waals surface area contributed by atoms with Crippen LogP contribution in [0.15, 0.2) is 0 Å². The molecule has 1 unspecified atom stereocenters. The molecular weight excluding hydrogens is 212 g/mol. The molecule has 15 heavy (non-hydrogen) atoms. The standard InChI is InChI=1S/C7H8O8/c1-15-7(14)3(6(12)13)2(4(8)9)5(10)11/h2-3H,1H3,(H,8,9)(H,10,11)(H,12,13). The number of carboxylic acids is 3. The number of hydrogen-bond acceptors (Lipinski definition) is 5. The molecule has 0 aromatic rings. The number of esters is 1. The van der Waals surface area contributed by atoms with Crippen molar-refractivity contribution in [3.63, 3.8) is 0 Å². The Balaban J connectivity index is 5.19. The number of ether oxygens (including phenoxy) is 1. The molecule has 0 radical (unpaired) electrons. The predicted octanol–water partition coefficient (Wildman–Crippen LogP) is -1.35. The van der Waals surface area contributed by atoms with Crippen LogP contribution in [-0.4, -0.2) is 46.3 Å². The van der Waals surface area contributed by atoms with Crippen LogP contribution in [-0.2, 0) is 23.9 Å². The molecule has 0 amide bonds. The second kappa shape index (κ2) is 4.94. The molecule has 1 atom stereocenters. The van der Waals surface area contributed by atoms with Gasteiger partial charge >= 0.3 is 23.9 Å². The first-order chi connectivity index (χ1) is 6.82. The Morgan fingerprint density at radius 3 is 1.40 bits per heavy atom. The van der Waals surface area contributed by atoms with Crippen molar-refractivity contribution in [2.45, 2.75) is 0 Å². The third-order valence-corrected chi connectivity index (χ3v) is 1.59. The maximum Gasteiger partial charge on any atom is 0.321 e. The molecule has 0 aromatic carbocycles. The molecule has 3 N–H and O–H groups in total. The van der Waals surface area contributed by atoms with Crippen LogP contribution in [0.1, 0.15) is 0 Å². The molecule has 0 aliphatic rings. The van der Waals surface area contributed by atoms with E-state index in [1.165, 1.54) is 0 Å². The molecule has 84 valence electrons. The number of aliphatic carboxylic acids is 3. The fourth-order valence-corrected chi connectivity index (χ4v) is 0.897. The summed E-state index contributed by atoms with van der Waals surface area (Å²) in [7, 11) is 0.832. The zero-order chi connectivity index (χ0) is 12.2. The van der Waals surface area contributed by atoms with Crippen LogP contribution in [0, 0.1) is 11.8 Å². The molecule has 8 heteroatoms. The van der Waals surface area contributed by atoms with Crippen LogP contribution in [0.5, 0.6) is 0 Å². The summed E-state index contributed by atoms with van der Waals surface area (Å²) >= 11 is 0. The monoisotopic (exact) mass is 220 g/mol. The fourth-order valence-electron chi connectivity index (χ4n) is 0.897. The second-order valence-corrected chi connectivity index (χ2v) is 2.49. The highest BCUT2D eigenvalue weighted by molar-refractivity contribution is 6.06. The van der Waals surface area contributed by atoms with Crippen LogP contribution >= 0.6 is 0 Å². The minimum absolute atomic E-state index is 0.832. The van der Waals surface area contributed by atoms with Crippen molar-refractivity contribution < 1.29 is 39.2 Å². The van der Waals surface area contributed by atoms with Gasteiger partial charge in [0.25, 0.3) is 0 Å². The van der Waals surface area contributed by atoms with Gasteiger partial charge in [-0.1, -0.05) is 0 Å². The molecule has 0 aliphatic carbocycles. The number of hydrogen-bond donors (Lipinski definition) is 3. The first-order valence-corrected chi connectivity index (χ1v) is 3.59. The maximum absolute atomic E-state index is 10.9. The van der Waals surface area contributed by atoms with Crippen molar-refractivity contribution in [3.05, 3.63) is 0 Å². The molecule has 0 aromatic heterocycles. The summed E-state index contributed by atoms with van der Waals surface area (Å²) in [6.07, 6.45) is 0. The third kappa shape index (κ3) is 2.93. The predicted molar refractivity (Wildman–Crippen MR) is 41.9 cm³/mol. The Kier molecular flexibility index (Phi) is 4.24. The quantitative estimate of drug-likeness (QED) is 0.381. The molecule has 0 fully saturated rings. The Hall–Kier alpha value is -2.12. The molecule has 0 spiro atoms. The lowest BCUT2D eigenvalue weighted by atomic mass is 9.92. The Morgan fingerprint density at radius 1 is 0.867 bits per heavy atom. The zero-order valence-electron chi connectivity index (χ0n) is 7.54. The number of methoxy groups -OCH3 is 1. The SMILES string of the molecule is COC(=O)C(C(=O)O)C(C(=O)O)C(=O)O. The van der Waals surface area contributed by atoms with E-state index in [1.807, 2.05) is 0 Å². The molecule has 0 saturated heterocycles. The molecule has 0 bridgehead atoms. The van der Waals surface area contributed by atoms with E-state index in [0.29, 0.717) is 0 Å². The second-order valence-electron chi connectivity index (χ2n) is 2.49. The van der Waals surface area contributed by atoms with E-state index in [-0.39, 0.29) is 0 Å². The highest BCUT2D eigenvalue weighted by atomic mass is 16.5. The number of carbonyl (C=O) groups is 4. The summed E-state index contributed by atoms with van der Waals surface area (Å²) < 4.78 is 4.01. The van der Waals surface area contributed by atoms with Gasteiger partial charge in [-0.3, -0.25) is 19.2 Å². The average molecular weight is 220 g/mol. The zero-order valence-corrected chi connectivity index (χ0v) is 7.54. The van der Waals surface area contributed by atoms with Crippen molar-refractivity contribution in [2.75, 3.05) is 7.11 Å². The van der Waals surface area contributed by atoms with E-state index < -0.39 is 35.7 Å². The first-order valence-electron chi connectivity index (χ1n) is 3.59. The van der Waals surface area contributed by atoms with Crippen molar-refractivity contribution in [3.8, 4) is 0 Å². The van der Waals surface area contributed by atoms with Crippen molar-refractivity contribution >= 4 is 23.9 Å². The van der Waals surface area contributed by atoms with Gasteiger partial charge in [0.1, 0.15) is 0 Å². The molecule has 8 nitrogen and oxygen atoms in total. The summed E-state index contributed by atoms with van der Waals surface area (Å²) in [6, 6.07) is 0. The highest BCUT2D eigenvalue weighted by Crippen LogP contribution is 2.15. The molecular formula is C7H8O8. The molecule has 0 saturated carbocycles. The van der Waals surface area contributed by atoms with Gasteiger partial charge < -0.3 is 20.1 Å². The van der Waals surface area contributed by atoms with Gasteiger partial charge in [0.05, 0.1) is 7.11 Å². The Bertz CT molecular complexity index is 292. The van der Waals surface area contributed by atoms with E-state index in [0.717, 1.165) is 7.11 Å². The lowest BCUT2D eigenvalue weighted by Crippen LogP contribution is -2.41. The van der Waals surface area contributed by atoms with Crippen LogP contribution in [0.25, 0.3) is 0 Å². The van der Waals surface area contributed by atoms with Crippen LogP contribution in [0.4, 0.5) is 0 Å². The summed E-state index contributed by atoms with van der Waals surface area (Å²) in [4.78, 5) is 42.3. The largest absolute Gasteiger partial charge is 0.481 e. The Labute approximate surface area is 83.1 Å². The summed E-state index contributed by atoms with van der Waals surface area (Å²) in [6.45, 7) is 0. The lowest BCUT2D eigenvalue weighted by molar-refractivity contribution is -0.172. The topological polar surface area (TPSA) is 138 Å². The summed E-state index contributed by atoms with van der Waals surface area (Å²) in [5.74, 6) is -11.7. The van der Waals surface area contributed by atoms with Crippen LogP contribution in [0.2, 0.25) is 0 Å². The van der Waals surface area contributed by atoms with Crippen molar-refractivity contribution in [2.24, 2.45) is 11.8 Å². The average Bonchev–Trinajstić information content (AvgIpc) is 2.10. The summed E-state index contributed by atoms with van der Waals surface area (Å²) in [5.41, 5.74) is 0. The van der Waals surface area contributed by atoms with Crippen molar-refractivity contribution in [1.29, 1.82) is 0 Å². The highest BCUT2D eigenvalue weighted by Gasteiger charge is 2.45. The van der Waals surface area contributed by atoms with E-state index in [4.69, 9.17) is 15.3 Å². The van der Waals surface area contributed by atoms with E-state index in [2.05, 4.69) is 4.74 Å². The minimum Gasteiger partial charge on any atom is -0.481 e. The Morgan fingerprint density at radius 2 is 1.20 bits per heavy atom. The molecule has 0 aliphatic heterocycles. The van der Waals surface area contributed by atoms with Crippen LogP contribution in [0.3, 0.4) is 0 Å². The number of carbonyl (C=O) groups excluding carboxylic acids is 1. The fraction of sp³-hybridized carbons (Fsp3) is 0.429. The first kappa shape index (κ1) is 12.9. The summed E-state index contributed by atoms with van der Waals surface area (Å²) in [5, 5.41) is 25.4. The third-order valence-electron chi connectivity index (χ3n) is 1.59. The minimum atomic E-state index is -2.37. The number of carboxylic acid groups (broad SMARTS) is 3. The van der Waals surface area contributed by atoms with Gasteiger partial charge in [0.15, 0.2) is 11.8 Å². The van der Waals surface area contributed by atoms with Gasteiger partial charge in [0.2, 0.25) is 0 Å². The van der Waals surface area contributed by atoms with E-state index in [9.17, 15) is 19.2 Å². The van der Waals surface area contributed by atoms with Crippen molar-refractivity contribution in [1.82, 2.24) is 0 Å². The normalized spacial score (nSPS) is 11.9. The maximum atomic E-state index is 10.9. The van der Waals surface area contributed by atoms with E-state index >= 15 is 0 Å². The van der Waals surface area contributed by atoms with Gasteiger partial charge in [-0.2, -0.15) is 0 Å². The van der Waals surface area contributed by atoms with Gasteiger partial charge in [-0.15, -0.1) is 0 Å². The van der Waals surface area contributed by atoms with Crippen LogP contribution < -0.4 is 0 Å².